The monoisotopic (exact) mass is 320 g/mol. The average molecular weight is 320 g/mol. The van der Waals surface area contributed by atoms with Gasteiger partial charge in [-0.1, -0.05) is 24.0 Å². The summed E-state index contributed by atoms with van der Waals surface area (Å²) >= 11 is 0. The third-order valence-corrected chi connectivity index (χ3v) is 3.75. The van der Waals surface area contributed by atoms with Gasteiger partial charge in [0, 0.05) is 12.0 Å². The van der Waals surface area contributed by atoms with Gasteiger partial charge in [0.05, 0.1) is 18.0 Å². The van der Waals surface area contributed by atoms with Crippen LogP contribution in [0.3, 0.4) is 0 Å². The summed E-state index contributed by atoms with van der Waals surface area (Å²) in [6.45, 7) is 0.118. The molecule has 8 heteroatoms. The van der Waals surface area contributed by atoms with Crippen LogP contribution in [-0.2, 0) is 10.0 Å². The van der Waals surface area contributed by atoms with Gasteiger partial charge in [-0.25, -0.2) is 8.42 Å². The van der Waals surface area contributed by atoms with Crippen molar-refractivity contribution >= 4 is 15.7 Å². The number of hydrogen-bond donors (Lipinski definition) is 2. The molecule has 0 atom stereocenters. The van der Waals surface area contributed by atoms with E-state index in [1.165, 1.54) is 6.07 Å². The van der Waals surface area contributed by atoms with E-state index < -0.39 is 34.8 Å². The number of nitrogens with one attached hydrogen (secondary N) is 1. The maximum Gasteiger partial charge on any atom is 0.389 e. The number of hydrogen-bond acceptors (Lipinski definition) is 3. The Balaban J connectivity index is 2.76. The molecule has 0 aromatic heterocycles. The van der Waals surface area contributed by atoms with Crippen LogP contribution in [-0.4, -0.2) is 26.9 Å². The second-order valence-electron chi connectivity index (χ2n) is 4.19. The lowest BCUT2D eigenvalue weighted by atomic mass is 10.2. The number of sulfonamides is 1. The summed E-state index contributed by atoms with van der Waals surface area (Å²) in [6, 6.07) is 6.35. The predicted octanol–water partition coefficient (Wildman–Crippen LogP) is 2.08. The maximum atomic E-state index is 12.0. The Kier molecular flexibility index (Phi) is 6.05. The Hall–Kier alpha value is -1.72. The van der Waals surface area contributed by atoms with Crippen molar-refractivity contribution in [3.63, 3.8) is 0 Å². The van der Waals surface area contributed by atoms with Gasteiger partial charge in [0.25, 0.3) is 0 Å². The van der Waals surface area contributed by atoms with Crippen LogP contribution in [0.5, 0.6) is 0 Å². The molecule has 3 N–H and O–H groups in total. The molecule has 0 fully saturated rings. The van der Waals surface area contributed by atoms with Gasteiger partial charge in [-0.3, -0.25) is 4.72 Å². The van der Waals surface area contributed by atoms with E-state index in [0.717, 1.165) is 0 Å². The molecule has 1 aromatic carbocycles. The minimum atomic E-state index is -4.36. The van der Waals surface area contributed by atoms with Crippen LogP contribution in [0, 0.1) is 11.8 Å². The zero-order valence-corrected chi connectivity index (χ0v) is 11.9. The summed E-state index contributed by atoms with van der Waals surface area (Å²) in [7, 11) is -3.85. The molecule has 116 valence electrons. The second kappa shape index (κ2) is 7.33. The fraction of sp³-hybridized carbons (Fsp3) is 0.385. The minimum absolute atomic E-state index is 0.118. The lowest BCUT2D eigenvalue weighted by Crippen LogP contribution is -2.19. The number of anilines is 1. The predicted molar refractivity (Wildman–Crippen MR) is 75.1 cm³/mol. The van der Waals surface area contributed by atoms with E-state index in [9.17, 15) is 21.6 Å². The summed E-state index contributed by atoms with van der Waals surface area (Å²) in [5.74, 6) is 4.68. The molecular formula is C13H15F3N2O2S. The van der Waals surface area contributed by atoms with E-state index in [2.05, 4.69) is 16.6 Å². The van der Waals surface area contributed by atoms with Crippen LogP contribution < -0.4 is 10.5 Å². The number of nitrogens with two attached hydrogens (primary N) is 1. The third-order valence-electron chi connectivity index (χ3n) is 2.39. The Morgan fingerprint density at radius 2 is 1.90 bits per heavy atom. The van der Waals surface area contributed by atoms with Crippen LogP contribution in [0.25, 0.3) is 0 Å². The van der Waals surface area contributed by atoms with E-state index in [1.807, 2.05) is 0 Å². The van der Waals surface area contributed by atoms with Crippen molar-refractivity contribution in [3.05, 3.63) is 29.8 Å². The van der Waals surface area contributed by atoms with E-state index in [-0.39, 0.29) is 12.2 Å². The van der Waals surface area contributed by atoms with Crippen LogP contribution >= 0.6 is 0 Å². The fourth-order valence-electron chi connectivity index (χ4n) is 1.51. The highest BCUT2D eigenvalue weighted by molar-refractivity contribution is 7.92. The summed E-state index contributed by atoms with van der Waals surface area (Å²) in [5.41, 5.74) is 5.89. The van der Waals surface area contributed by atoms with Crippen LogP contribution in [0.1, 0.15) is 18.4 Å². The topological polar surface area (TPSA) is 72.2 Å². The quantitative estimate of drug-likeness (QED) is 0.816. The van der Waals surface area contributed by atoms with E-state index in [4.69, 9.17) is 5.73 Å². The molecule has 0 aliphatic carbocycles. The van der Waals surface area contributed by atoms with Crippen LogP contribution in [0.2, 0.25) is 0 Å². The van der Waals surface area contributed by atoms with Crippen molar-refractivity contribution in [1.29, 1.82) is 0 Å². The molecule has 0 amide bonds. The Morgan fingerprint density at radius 3 is 2.52 bits per heavy atom. The molecule has 0 aliphatic heterocycles. The largest absolute Gasteiger partial charge is 0.389 e. The number of halogens is 3. The number of para-hydroxylation sites is 1. The van der Waals surface area contributed by atoms with Gasteiger partial charge in [-0.2, -0.15) is 13.2 Å². The molecule has 0 spiro atoms. The molecule has 0 unspecified atom stereocenters. The summed E-state index contributed by atoms with van der Waals surface area (Å²) < 4.78 is 61.8. The summed E-state index contributed by atoms with van der Waals surface area (Å²) in [6.07, 6.45) is -5.99. The molecule has 0 aliphatic rings. The highest BCUT2D eigenvalue weighted by Gasteiger charge is 2.27. The SMILES string of the molecule is NCC#Cc1ccccc1NS(=O)(=O)CCCC(F)(F)F. The van der Waals surface area contributed by atoms with Crippen molar-refractivity contribution in [2.75, 3.05) is 17.0 Å². The first kappa shape index (κ1) is 17.3. The van der Waals surface area contributed by atoms with Crippen molar-refractivity contribution in [3.8, 4) is 11.8 Å². The molecule has 1 aromatic rings. The Labute approximate surface area is 121 Å². The van der Waals surface area contributed by atoms with Gasteiger partial charge in [0.2, 0.25) is 10.0 Å². The molecule has 0 saturated heterocycles. The van der Waals surface area contributed by atoms with Crippen LogP contribution in [0.4, 0.5) is 18.9 Å². The summed E-state index contributed by atoms with van der Waals surface area (Å²) in [5, 5.41) is 0. The molecular weight excluding hydrogens is 305 g/mol. The van der Waals surface area contributed by atoms with E-state index in [1.54, 1.807) is 18.2 Å². The van der Waals surface area contributed by atoms with Gasteiger partial charge >= 0.3 is 6.18 Å². The van der Waals surface area contributed by atoms with Gasteiger partial charge in [0.15, 0.2) is 0 Å². The number of alkyl halides is 3. The fourth-order valence-corrected chi connectivity index (χ4v) is 2.65. The highest BCUT2D eigenvalue weighted by Crippen LogP contribution is 2.22. The zero-order chi connectivity index (χ0) is 15.9. The molecule has 0 radical (unpaired) electrons. The third kappa shape index (κ3) is 7.02. The lowest BCUT2D eigenvalue weighted by molar-refractivity contribution is -0.134. The molecule has 1 rings (SSSR count). The maximum absolute atomic E-state index is 12.0. The zero-order valence-electron chi connectivity index (χ0n) is 11.1. The number of benzene rings is 1. The van der Waals surface area contributed by atoms with Gasteiger partial charge in [-0.15, -0.1) is 0 Å². The molecule has 4 nitrogen and oxygen atoms in total. The average Bonchev–Trinajstić information content (AvgIpc) is 2.35. The van der Waals surface area contributed by atoms with Gasteiger partial charge in [-0.05, 0) is 18.6 Å². The first-order chi connectivity index (χ1) is 9.73. The highest BCUT2D eigenvalue weighted by atomic mass is 32.2. The van der Waals surface area contributed by atoms with E-state index >= 15 is 0 Å². The standard InChI is InChI=1S/C13H15F3N2O2S/c14-13(15,16)8-4-10-21(19,20)18-12-7-2-1-5-11(12)6-3-9-17/h1-2,5,7,18H,4,8-10,17H2. The van der Waals surface area contributed by atoms with Crippen molar-refractivity contribution in [1.82, 2.24) is 0 Å². The van der Waals surface area contributed by atoms with E-state index in [0.29, 0.717) is 5.56 Å². The Morgan fingerprint density at radius 1 is 1.24 bits per heavy atom. The number of rotatable bonds is 5. The Bertz CT molecular complexity index is 631. The molecule has 21 heavy (non-hydrogen) atoms. The lowest BCUT2D eigenvalue weighted by Gasteiger charge is -2.10. The minimum Gasteiger partial charge on any atom is -0.320 e. The second-order valence-corrected chi connectivity index (χ2v) is 6.03. The molecule has 0 bridgehead atoms. The molecule has 0 saturated carbocycles. The normalized spacial score (nSPS) is 11.6. The molecule has 0 heterocycles. The summed E-state index contributed by atoms with van der Waals surface area (Å²) in [4.78, 5) is 0. The smallest absolute Gasteiger partial charge is 0.320 e. The first-order valence-electron chi connectivity index (χ1n) is 6.09. The van der Waals surface area contributed by atoms with Crippen molar-refractivity contribution in [2.45, 2.75) is 19.0 Å². The van der Waals surface area contributed by atoms with Crippen molar-refractivity contribution in [2.24, 2.45) is 5.73 Å². The van der Waals surface area contributed by atoms with Crippen molar-refractivity contribution < 1.29 is 21.6 Å². The van der Waals surface area contributed by atoms with Gasteiger partial charge < -0.3 is 5.73 Å². The van der Waals surface area contributed by atoms with Gasteiger partial charge in [0.1, 0.15) is 0 Å². The van der Waals surface area contributed by atoms with Crippen LogP contribution in [0.15, 0.2) is 24.3 Å². The first-order valence-corrected chi connectivity index (χ1v) is 7.74.